The van der Waals surface area contributed by atoms with Crippen molar-refractivity contribution in [2.75, 3.05) is 14.1 Å². The van der Waals surface area contributed by atoms with Crippen molar-refractivity contribution in [2.45, 2.75) is 13.3 Å². The van der Waals surface area contributed by atoms with Crippen LogP contribution in [0.3, 0.4) is 0 Å². The lowest BCUT2D eigenvalue weighted by Crippen LogP contribution is -2.04. The summed E-state index contributed by atoms with van der Waals surface area (Å²) in [5.74, 6) is 0. The zero-order chi connectivity index (χ0) is 14.1. The van der Waals surface area contributed by atoms with Crippen LogP contribution in [-0.2, 0) is 6.42 Å². The second-order valence-electron chi connectivity index (χ2n) is 5.03. The van der Waals surface area contributed by atoms with Crippen LogP contribution < -0.4 is 0 Å². The van der Waals surface area contributed by atoms with E-state index in [2.05, 4.69) is 40.2 Å². The predicted octanol–water partition coefficient (Wildman–Crippen LogP) is 3.17. The molecule has 3 aromatic rings. The number of nitrogens with zero attached hydrogens (tertiary/aromatic N) is 3. The molecular formula is C16H18N4. The molecule has 0 saturated carbocycles. The molecule has 2 heterocycles. The van der Waals surface area contributed by atoms with Gasteiger partial charge >= 0.3 is 0 Å². The van der Waals surface area contributed by atoms with Gasteiger partial charge in [0.2, 0.25) is 0 Å². The Kier molecular flexibility index (Phi) is 3.14. The number of hydrogen-bond acceptors (Lipinski definition) is 3. The third kappa shape index (κ3) is 2.03. The van der Waals surface area contributed by atoms with Gasteiger partial charge in [-0.2, -0.15) is 5.10 Å². The van der Waals surface area contributed by atoms with Gasteiger partial charge in [0.15, 0.2) is 0 Å². The predicted molar refractivity (Wildman–Crippen MR) is 84.3 cm³/mol. The van der Waals surface area contributed by atoms with Crippen molar-refractivity contribution >= 4 is 28.0 Å². The fraction of sp³-hybridized carbons (Fsp3) is 0.250. The SMILES string of the molecule is CCc1c(/C=N/N(C)C)ncc2[nH]c3ccccc3c12. The number of rotatable bonds is 3. The van der Waals surface area contributed by atoms with Crippen molar-refractivity contribution < 1.29 is 0 Å². The van der Waals surface area contributed by atoms with E-state index in [9.17, 15) is 0 Å². The Morgan fingerprint density at radius 3 is 2.80 bits per heavy atom. The zero-order valence-electron chi connectivity index (χ0n) is 12.0. The summed E-state index contributed by atoms with van der Waals surface area (Å²) < 4.78 is 0. The maximum atomic E-state index is 4.54. The molecule has 0 saturated heterocycles. The highest BCUT2D eigenvalue weighted by Crippen LogP contribution is 2.29. The summed E-state index contributed by atoms with van der Waals surface area (Å²) in [7, 11) is 3.82. The lowest BCUT2D eigenvalue weighted by molar-refractivity contribution is 0.440. The van der Waals surface area contributed by atoms with Gasteiger partial charge in [0.05, 0.1) is 23.6 Å². The fourth-order valence-electron chi connectivity index (χ4n) is 2.56. The molecule has 0 aliphatic heterocycles. The van der Waals surface area contributed by atoms with Gasteiger partial charge in [-0.05, 0) is 18.1 Å². The van der Waals surface area contributed by atoms with E-state index in [0.29, 0.717) is 0 Å². The Balaban J connectivity index is 2.31. The van der Waals surface area contributed by atoms with Gasteiger partial charge in [-0.1, -0.05) is 25.1 Å². The Hall–Kier alpha value is -2.36. The highest BCUT2D eigenvalue weighted by atomic mass is 15.4. The zero-order valence-corrected chi connectivity index (χ0v) is 12.0. The number of benzene rings is 1. The number of hydrazone groups is 1. The average molecular weight is 266 g/mol. The van der Waals surface area contributed by atoms with Crippen LogP contribution in [0.5, 0.6) is 0 Å². The number of pyridine rings is 1. The van der Waals surface area contributed by atoms with E-state index in [1.54, 1.807) is 5.01 Å². The largest absolute Gasteiger partial charge is 0.353 e. The second kappa shape index (κ2) is 4.96. The molecule has 1 N–H and O–H groups in total. The molecule has 0 aliphatic carbocycles. The number of para-hydroxylation sites is 1. The molecule has 4 nitrogen and oxygen atoms in total. The summed E-state index contributed by atoms with van der Waals surface area (Å²) in [6, 6.07) is 8.37. The molecule has 2 aromatic heterocycles. The van der Waals surface area contributed by atoms with E-state index in [4.69, 9.17) is 0 Å². The van der Waals surface area contributed by atoms with Crippen molar-refractivity contribution in [1.82, 2.24) is 15.0 Å². The standard InChI is InChI=1S/C16H18N4/c1-4-11-14(10-18-20(2)3)17-9-15-16(11)12-7-5-6-8-13(12)19-15/h5-10,19H,4H2,1-3H3/b18-10+. The molecule has 4 heteroatoms. The Morgan fingerprint density at radius 1 is 1.25 bits per heavy atom. The molecule has 0 spiro atoms. The molecule has 102 valence electrons. The van der Waals surface area contributed by atoms with Crippen molar-refractivity contribution in [3.8, 4) is 0 Å². The van der Waals surface area contributed by atoms with Crippen molar-refractivity contribution in [3.05, 3.63) is 41.7 Å². The minimum atomic E-state index is 0.932. The van der Waals surface area contributed by atoms with Crippen LogP contribution in [0.15, 0.2) is 35.6 Å². The Morgan fingerprint density at radius 2 is 2.05 bits per heavy atom. The molecule has 0 atom stereocenters. The summed E-state index contributed by atoms with van der Waals surface area (Å²) in [5, 5.41) is 8.60. The molecule has 0 fully saturated rings. The van der Waals surface area contributed by atoms with Gasteiger partial charge in [-0.3, -0.25) is 4.98 Å². The quantitative estimate of drug-likeness (QED) is 0.584. The number of aryl methyl sites for hydroxylation is 1. The van der Waals surface area contributed by atoms with Gasteiger partial charge in [0.25, 0.3) is 0 Å². The Labute approximate surface area is 118 Å². The van der Waals surface area contributed by atoms with Gasteiger partial charge in [0, 0.05) is 30.4 Å². The van der Waals surface area contributed by atoms with Crippen LogP contribution in [0.4, 0.5) is 0 Å². The monoisotopic (exact) mass is 266 g/mol. The highest BCUT2D eigenvalue weighted by molar-refractivity contribution is 6.10. The minimum absolute atomic E-state index is 0.932. The number of hydrogen-bond donors (Lipinski definition) is 1. The van der Waals surface area contributed by atoms with Crippen LogP contribution in [0.2, 0.25) is 0 Å². The summed E-state index contributed by atoms with van der Waals surface area (Å²) >= 11 is 0. The third-order valence-corrected chi connectivity index (χ3v) is 3.44. The maximum absolute atomic E-state index is 4.54. The van der Waals surface area contributed by atoms with Gasteiger partial charge in [0.1, 0.15) is 0 Å². The first-order valence-corrected chi connectivity index (χ1v) is 6.80. The van der Waals surface area contributed by atoms with Crippen LogP contribution in [0.1, 0.15) is 18.2 Å². The number of aromatic nitrogens is 2. The van der Waals surface area contributed by atoms with Crippen LogP contribution in [0.25, 0.3) is 21.8 Å². The van der Waals surface area contributed by atoms with Gasteiger partial charge in [-0.15, -0.1) is 0 Å². The van der Waals surface area contributed by atoms with E-state index < -0.39 is 0 Å². The highest BCUT2D eigenvalue weighted by Gasteiger charge is 2.11. The average Bonchev–Trinajstić information content (AvgIpc) is 2.83. The number of aromatic amines is 1. The van der Waals surface area contributed by atoms with Gasteiger partial charge < -0.3 is 9.99 Å². The maximum Gasteiger partial charge on any atom is 0.0869 e. The minimum Gasteiger partial charge on any atom is -0.353 e. The first-order valence-electron chi connectivity index (χ1n) is 6.80. The molecule has 0 aliphatic rings. The summed E-state index contributed by atoms with van der Waals surface area (Å²) in [6.45, 7) is 2.16. The molecule has 0 amide bonds. The first-order chi connectivity index (χ1) is 9.70. The Bertz CT molecular complexity index is 784. The fourth-order valence-corrected chi connectivity index (χ4v) is 2.56. The molecule has 3 rings (SSSR count). The third-order valence-electron chi connectivity index (χ3n) is 3.44. The molecule has 0 bridgehead atoms. The first kappa shape index (κ1) is 12.7. The number of H-pyrrole nitrogens is 1. The number of fused-ring (bicyclic) bond motifs is 3. The molecule has 0 unspecified atom stereocenters. The smallest absolute Gasteiger partial charge is 0.0869 e. The van der Waals surface area contributed by atoms with Crippen molar-refractivity contribution in [1.29, 1.82) is 0 Å². The molecular weight excluding hydrogens is 248 g/mol. The van der Waals surface area contributed by atoms with Crippen molar-refractivity contribution in [2.24, 2.45) is 5.10 Å². The van der Waals surface area contributed by atoms with Crippen LogP contribution in [0, 0.1) is 0 Å². The van der Waals surface area contributed by atoms with Crippen LogP contribution in [-0.4, -0.2) is 35.3 Å². The van der Waals surface area contributed by atoms with Crippen LogP contribution >= 0.6 is 0 Å². The van der Waals surface area contributed by atoms with E-state index in [1.165, 1.54) is 16.3 Å². The normalized spacial score (nSPS) is 11.8. The number of nitrogens with one attached hydrogen (secondary N) is 1. The lowest BCUT2D eigenvalue weighted by Gasteiger charge is -2.07. The topological polar surface area (TPSA) is 44.3 Å². The molecule has 1 aromatic carbocycles. The van der Waals surface area contributed by atoms with E-state index in [1.807, 2.05) is 32.6 Å². The lowest BCUT2D eigenvalue weighted by atomic mass is 10.0. The molecule has 20 heavy (non-hydrogen) atoms. The summed E-state index contributed by atoms with van der Waals surface area (Å²) in [5.41, 5.74) is 4.43. The van der Waals surface area contributed by atoms with E-state index in [0.717, 1.165) is 23.1 Å². The van der Waals surface area contributed by atoms with E-state index >= 15 is 0 Å². The van der Waals surface area contributed by atoms with Crippen molar-refractivity contribution in [3.63, 3.8) is 0 Å². The summed E-state index contributed by atoms with van der Waals surface area (Å²) in [4.78, 5) is 7.97. The summed E-state index contributed by atoms with van der Waals surface area (Å²) in [6.07, 6.45) is 4.66. The van der Waals surface area contributed by atoms with Gasteiger partial charge in [-0.25, -0.2) is 0 Å². The second-order valence-corrected chi connectivity index (χ2v) is 5.03. The molecule has 0 radical (unpaired) electrons. The van der Waals surface area contributed by atoms with E-state index in [-0.39, 0.29) is 0 Å².